The molecule has 1 aliphatic carbocycles. The predicted molar refractivity (Wildman–Crippen MR) is 85.3 cm³/mol. The zero-order chi connectivity index (χ0) is 15.7. The van der Waals surface area contributed by atoms with E-state index in [1.165, 1.54) is 19.0 Å². The van der Waals surface area contributed by atoms with Crippen molar-refractivity contribution in [2.24, 2.45) is 0 Å². The molecular formula is C17H24FN3O. The van der Waals surface area contributed by atoms with Gasteiger partial charge < -0.3 is 15.0 Å². The SMILES string of the molecule is CCc1nc(C(C)NC2CC2)cc2c1c(F)cn2CCCO. The Bertz CT molecular complexity index is 663. The normalized spacial score (nSPS) is 16.4. The van der Waals surface area contributed by atoms with Gasteiger partial charge in [-0.25, -0.2) is 4.39 Å². The molecule has 4 nitrogen and oxygen atoms in total. The second-order valence-electron chi connectivity index (χ2n) is 6.15. The van der Waals surface area contributed by atoms with E-state index in [1.54, 1.807) is 0 Å². The van der Waals surface area contributed by atoms with E-state index in [0.29, 0.717) is 30.8 Å². The van der Waals surface area contributed by atoms with Crippen molar-refractivity contribution in [2.75, 3.05) is 6.61 Å². The fourth-order valence-corrected chi connectivity index (χ4v) is 2.95. The Kier molecular flexibility index (Phi) is 4.45. The van der Waals surface area contributed by atoms with Crippen molar-refractivity contribution in [3.05, 3.63) is 29.5 Å². The molecule has 1 fully saturated rings. The third-order valence-corrected chi connectivity index (χ3v) is 4.31. The summed E-state index contributed by atoms with van der Waals surface area (Å²) >= 11 is 0. The maximum atomic E-state index is 14.3. The molecule has 5 heteroatoms. The highest BCUT2D eigenvalue weighted by atomic mass is 19.1. The van der Waals surface area contributed by atoms with Gasteiger partial charge in [-0.1, -0.05) is 6.92 Å². The van der Waals surface area contributed by atoms with Gasteiger partial charge in [-0.2, -0.15) is 0 Å². The van der Waals surface area contributed by atoms with Crippen LogP contribution in [0.3, 0.4) is 0 Å². The summed E-state index contributed by atoms with van der Waals surface area (Å²) in [5.74, 6) is -0.216. The van der Waals surface area contributed by atoms with Crippen LogP contribution in [-0.2, 0) is 13.0 Å². The number of pyridine rings is 1. The van der Waals surface area contributed by atoms with Crippen molar-refractivity contribution < 1.29 is 9.50 Å². The summed E-state index contributed by atoms with van der Waals surface area (Å²) < 4.78 is 16.2. The predicted octanol–water partition coefficient (Wildman–Crippen LogP) is 2.93. The molecule has 1 saturated carbocycles. The van der Waals surface area contributed by atoms with Crippen molar-refractivity contribution in [1.82, 2.24) is 14.9 Å². The highest BCUT2D eigenvalue weighted by molar-refractivity contribution is 5.83. The summed E-state index contributed by atoms with van der Waals surface area (Å²) in [6.07, 6.45) is 5.33. The number of nitrogens with zero attached hydrogens (tertiary/aromatic N) is 2. The Morgan fingerprint density at radius 1 is 1.50 bits per heavy atom. The maximum Gasteiger partial charge on any atom is 0.150 e. The largest absolute Gasteiger partial charge is 0.396 e. The first-order chi connectivity index (χ1) is 10.6. The molecule has 2 aromatic rings. The monoisotopic (exact) mass is 305 g/mol. The number of rotatable bonds is 7. The van der Waals surface area contributed by atoms with Crippen LogP contribution >= 0.6 is 0 Å². The third kappa shape index (κ3) is 3.01. The van der Waals surface area contributed by atoms with Crippen LogP contribution in [0.5, 0.6) is 0 Å². The molecule has 0 radical (unpaired) electrons. The molecule has 1 atom stereocenters. The minimum atomic E-state index is -0.216. The number of aromatic nitrogens is 2. The molecule has 0 amide bonds. The van der Waals surface area contributed by atoms with E-state index in [4.69, 9.17) is 5.11 Å². The molecular weight excluding hydrogens is 281 g/mol. The van der Waals surface area contributed by atoms with Crippen LogP contribution in [0.15, 0.2) is 12.3 Å². The quantitative estimate of drug-likeness (QED) is 0.827. The van der Waals surface area contributed by atoms with Crippen LogP contribution in [0, 0.1) is 5.82 Å². The molecule has 2 heterocycles. The lowest BCUT2D eigenvalue weighted by Crippen LogP contribution is -2.22. The zero-order valence-corrected chi connectivity index (χ0v) is 13.3. The molecule has 2 aromatic heterocycles. The topological polar surface area (TPSA) is 50.1 Å². The average molecular weight is 305 g/mol. The van der Waals surface area contributed by atoms with Crippen molar-refractivity contribution in [3.8, 4) is 0 Å². The summed E-state index contributed by atoms with van der Waals surface area (Å²) in [5.41, 5.74) is 2.68. The Morgan fingerprint density at radius 2 is 2.27 bits per heavy atom. The Morgan fingerprint density at radius 3 is 2.91 bits per heavy atom. The van der Waals surface area contributed by atoms with E-state index >= 15 is 0 Å². The summed E-state index contributed by atoms with van der Waals surface area (Å²) in [5, 5.41) is 13.2. The van der Waals surface area contributed by atoms with Gasteiger partial charge in [0.1, 0.15) is 0 Å². The van der Waals surface area contributed by atoms with Crippen LogP contribution in [0.1, 0.15) is 50.5 Å². The van der Waals surface area contributed by atoms with Crippen molar-refractivity contribution in [1.29, 1.82) is 0 Å². The molecule has 1 unspecified atom stereocenters. The highest BCUT2D eigenvalue weighted by Gasteiger charge is 2.25. The van der Waals surface area contributed by atoms with E-state index in [1.807, 2.05) is 17.6 Å². The number of aliphatic hydroxyl groups is 1. The van der Waals surface area contributed by atoms with Gasteiger partial charge in [0.15, 0.2) is 5.82 Å². The van der Waals surface area contributed by atoms with Crippen LogP contribution in [-0.4, -0.2) is 27.3 Å². The van der Waals surface area contributed by atoms with E-state index in [0.717, 1.165) is 16.9 Å². The van der Waals surface area contributed by atoms with Gasteiger partial charge in [-0.05, 0) is 38.7 Å². The Balaban J connectivity index is 2.02. The first kappa shape index (κ1) is 15.4. The van der Waals surface area contributed by atoms with E-state index in [-0.39, 0.29) is 18.5 Å². The van der Waals surface area contributed by atoms with Crippen molar-refractivity contribution in [3.63, 3.8) is 0 Å². The van der Waals surface area contributed by atoms with Gasteiger partial charge >= 0.3 is 0 Å². The van der Waals surface area contributed by atoms with Crippen molar-refractivity contribution in [2.45, 2.75) is 58.2 Å². The van der Waals surface area contributed by atoms with Gasteiger partial charge in [0.2, 0.25) is 0 Å². The number of aliphatic hydroxyl groups excluding tert-OH is 1. The molecule has 0 aromatic carbocycles. The Hall–Kier alpha value is -1.46. The molecule has 0 bridgehead atoms. The molecule has 2 N–H and O–H groups in total. The number of halogens is 1. The van der Waals surface area contributed by atoms with E-state index in [9.17, 15) is 4.39 Å². The third-order valence-electron chi connectivity index (χ3n) is 4.31. The smallest absolute Gasteiger partial charge is 0.150 e. The van der Waals surface area contributed by atoms with Gasteiger partial charge in [-0.3, -0.25) is 4.98 Å². The molecule has 1 aliphatic rings. The summed E-state index contributed by atoms with van der Waals surface area (Å²) in [7, 11) is 0. The van der Waals surface area contributed by atoms with Crippen LogP contribution < -0.4 is 5.32 Å². The van der Waals surface area contributed by atoms with Gasteiger partial charge in [-0.15, -0.1) is 0 Å². The second kappa shape index (κ2) is 6.34. The van der Waals surface area contributed by atoms with E-state index in [2.05, 4.69) is 17.2 Å². The zero-order valence-electron chi connectivity index (χ0n) is 13.3. The number of fused-ring (bicyclic) bond motifs is 1. The Labute approximate surface area is 130 Å². The average Bonchev–Trinajstić information content (AvgIpc) is 3.27. The second-order valence-corrected chi connectivity index (χ2v) is 6.15. The molecule has 0 aliphatic heterocycles. The first-order valence-electron chi connectivity index (χ1n) is 8.19. The maximum absolute atomic E-state index is 14.3. The summed E-state index contributed by atoms with van der Waals surface area (Å²) in [4.78, 5) is 4.69. The van der Waals surface area contributed by atoms with Gasteiger partial charge in [0.25, 0.3) is 0 Å². The fraction of sp³-hybridized carbons (Fsp3) is 0.588. The van der Waals surface area contributed by atoms with Gasteiger partial charge in [0.05, 0.1) is 22.3 Å². The molecule has 22 heavy (non-hydrogen) atoms. The van der Waals surface area contributed by atoms with Gasteiger partial charge in [0, 0.05) is 31.4 Å². The lowest BCUT2D eigenvalue weighted by atomic mass is 10.1. The minimum Gasteiger partial charge on any atom is -0.396 e. The molecule has 0 saturated heterocycles. The van der Waals surface area contributed by atoms with Crippen LogP contribution in [0.2, 0.25) is 0 Å². The highest BCUT2D eigenvalue weighted by Crippen LogP contribution is 2.28. The van der Waals surface area contributed by atoms with Crippen LogP contribution in [0.25, 0.3) is 10.9 Å². The molecule has 0 spiro atoms. The summed E-state index contributed by atoms with van der Waals surface area (Å²) in [6.45, 7) is 4.85. The van der Waals surface area contributed by atoms with Crippen LogP contribution in [0.4, 0.5) is 4.39 Å². The number of aryl methyl sites for hydroxylation is 2. The summed E-state index contributed by atoms with van der Waals surface area (Å²) in [6, 6.07) is 2.77. The molecule has 3 rings (SSSR count). The number of hydrogen-bond donors (Lipinski definition) is 2. The first-order valence-corrected chi connectivity index (χ1v) is 8.19. The van der Waals surface area contributed by atoms with Crippen molar-refractivity contribution >= 4 is 10.9 Å². The number of hydrogen-bond acceptors (Lipinski definition) is 3. The van der Waals surface area contributed by atoms with E-state index < -0.39 is 0 Å². The number of nitrogens with one attached hydrogen (secondary N) is 1. The lowest BCUT2D eigenvalue weighted by Gasteiger charge is -2.15. The minimum absolute atomic E-state index is 0.111. The molecule has 120 valence electrons. The standard InChI is InChI=1S/C17H24FN3O/c1-3-14-17-13(18)10-21(7-4-8-22)16(17)9-15(20-14)11(2)19-12-5-6-12/h9-12,19,22H,3-8H2,1-2H3. The fourth-order valence-electron chi connectivity index (χ4n) is 2.95. The lowest BCUT2D eigenvalue weighted by molar-refractivity contribution is 0.280.